The van der Waals surface area contributed by atoms with Crippen LogP contribution >= 0.6 is 0 Å². The zero-order valence-electron chi connectivity index (χ0n) is 11.2. The first kappa shape index (κ1) is 13.3. The Morgan fingerprint density at radius 3 is 2.65 bits per heavy atom. The van der Waals surface area contributed by atoms with Crippen molar-refractivity contribution in [1.29, 1.82) is 0 Å². The van der Waals surface area contributed by atoms with Crippen LogP contribution < -0.4 is 5.32 Å². The largest absolute Gasteiger partial charge is 0.386 e. The summed E-state index contributed by atoms with van der Waals surface area (Å²) >= 11 is 0. The summed E-state index contributed by atoms with van der Waals surface area (Å²) < 4.78 is 11.3. The van der Waals surface area contributed by atoms with E-state index in [2.05, 4.69) is 19.2 Å². The van der Waals surface area contributed by atoms with Gasteiger partial charge < -0.3 is 19.9 Å². The number of aliphatic hydroxyl groups is 1. The minimum absolute atomic E-state index is 0.0208. The van der Waals surface area contributed by atoms with Crippen molar-refractivity contribution in [2.24, 2.45) is 0 Å². The Hall–Kier alpha value is -0.160. The fourth-order valence-electron chi connectivity index (χ4n) is 2.67. The number of nitrogens with one attached hydrogen (secondary N) is 1. The van der Waals surface area contributed by atoms with E-state index < -0.39 is 5.60 Å². The highest BCUT2D eigenvalue weighted by atomic mass is 16.5. The van der Waals surface area contributed by atoms with Gasteiger partial charge in [-0.05, 0) is 33.6 Å². The zero-order chi connectivity index (χ0) is 12.5. The lowest BCUT2D eigenvalue weighted by Crippen LogP contribution is -2.47. The van der Waals surface area contributed by atoms with Gasteiger partial charge in [-0.2, -0.15) is 0 Å². The highest BCUT2D eigenvalue weighted by molar-refractivity contribution is 4.92. The Labute approximate surface area is 104 Å². The third kappa shape index (κ3) is 3.19. The summed E-state index contributed by atoms with van der Waals surface area (Å²) in [6.07, 6.45) is 3.15. The molecule has 2 fully saturated rings. The highest BCUT2D eigenvalue weighted by Crippen LogP contribution is 2.29. The van der Waals surface area contributed by atoms with Crippen molar-refractivity contribution in [3.05, 3.63) is 0 Å². The second-order valence-electron chi connectivity index (χ2n) is 6.04. The fraction of sp³-hybridized carbons (Fsp3) is 1.00. The van der Waals surface area contributed by atoms with Crippen LogP contribution in [0.2, 0.25) is 0 Å². The van der Waals surface area contributed by atoms with Crippen molar-refractivity contribution in [2.75, 3.05) is 19.7 Å². The molecule has 0 aromatic carbocycles. The van der Waals surface area contributed by atoms with Crippen molar-refractivity contribution in [2.45, 2.75) is 63.4 Å². The molecule has 2 aliphatic rings. The highest BCUT2D eigenvalue weighted by Gasteiger charge is 2.39. The van der Waals surface area contributed by atoms with E-state index in [4.69, 9.17) is 9.47 Å². The molecule has 3 unspecified atom stereocenters. The SMILES string of the molecule is CC1OCCC1(O)CNCC1CCC(C)(C)O1. The minimum atomic E-state index is -0.700. The number of hydrogen-bond acceptors (Lipinski definition) is 4. The normalized spacial score (nSPS) is 40.9. The van der Waals surface area contributed by atoms with Crippen LogP contribution in [0.15, 0.2) is 0 Å². The molecule has 2 N–H and O–H groups in total. The standard InChI is InChI=1S/C13H25NO3/c1-10-13(15,6-7-16-10)9-14-8-11-4-5-12(2,3)17-11/h10-11,14-15H,4-9H2,1-3H3. The smallest absolute Gasteiger partial charge is 0.105 e. The molecule has 0 aromatic heterocycles. The van der Waals surface area contributed by atoms with Crippen LogP contribution in [0.3, 0.4) is 0 Å². The molecule has 100 valence electrons. The number of rotatable bonds is 4. The summed E-state index contributed by atoms with van der Waals surface area (Å²) in [4.78, 5) is 0. The van der Waals surface area contributed by atoms with Crippen LogP contribution in [0.5, 0.6) is 0 Å². The van der Waals surface area contributed by atoms with Crippen LogP contribution in [-0.2, 0) is 9.47 Å². The van der Waals surface area contributed by atoms with E-state index in [1.54, 1.807) is 0 Å². The second-order valence-corrected chi connectivity index (χ2v) is 6.04. The van der Waals surface area contributed by atoms with Crippen molar-refractivity contribution >= 4 is 0 Å². The Bertz CT molecular complexity index is 269. The zero-order valence-corrected chi connectivity index (χ0v) is 11.2. The van der Waals surface area contributed by atoms with Crippen LogP contribution in [0.25, 0.3) is 0 Å². The van der Waals surface area contributed by atoms with Crippen molar-refractivity contribution in [3.8, 4) is 0 Å². The van der Waals surface area contributed by atoms with Gasteiger partial charge in [0, 0.05) is 26.1 Å². The molecule has 4 heteroatoms. The summed E-state index contributed by atoms with van der Waals surface area (Å²) in [6.45, 7) is 8.27. The van der Waals surface area contributed by atoms with Crippen molar-refractivity contribution in [3.63, 3.8) is 0 Å². The average Bonchev–Trinajstić information content (AvgIpc) is 2.72. The lowest BCUT2D eigenvalue weighted by Gasteiger charge is -2.27. The van der Waals surface area contributed by atoms with Crippen molar-refractivity contribution < 1.29 is 14.6 Å². The molecule has 0 spiro atoms. The molecule has 4 nitrogen and oxygen atoms in total. The molecule has 2 aliphatic heterocycles. The van der Waals surface area contributed by atoms with Gasteiger partial charge in [-0.25, -0.2) is 0 Å². The Balaban J connectivity index is 1.70. The van der Waals surface area contributed by atoms with Gasteiger partial charge >= 0.3 is 0 Å². The quantitative estimate of drug-likeness (QED) is 0.775. The summed E-state index contributed by atoms with van der Waals surface area (Å²) in [6, 6.07) is 0. The topological polar surface area (TPSA) is 50.7 Å². The lowest BCUT2D eigenvalue weighted by molar-refractivity contribution is -0.0352. The second kappa shape index (κ2) is 4.84. The molecule has 2 saturated heterocycles. The van der Waals surface area contributed by atoms with E-state index in [-0.39, 0.29) is 17.8 Å². The van der Waals surface area contributed by atoms with Crippen LogP contribution in [-0.4, -0.2) is 48.2 Å². The molecule has 17 heavy (non-hydrogen) atoms. The first-order chi connectivity index (χ1) is 7.91. The van der Waals surface area contributed by atoms with Gasteiger partial charge in [0.2, 0.25) is 0 Å². The van der Waals surface area contributed by atoms with Gasteiger partial charge in [0.1, 0.15) is 5.60 Å². The Kier molecular flexibility index (Phi) is 3.78. The van der Waals surface area contributed by atoms with E-state index >= 15 is 0 Å². The lowest BCUT2D eigenvalue weighted by atomic mass is 9.96. The fourth-order valence-corrected chi connectivity index (χ4v) is 2.67. The molecule has 3 atom stereocenters. The maximum absolute atomic E-state index is 10.3. The molecular formula is C13H25NO3. The van der Waals surface area contributed by atoms with Crippen LogP contribution in [0.4, 0.5) is 0 Å². The third-order valence-corrected chi connectivity index (χ3v) is 4.02. The monoisotopic (exact) mass is 243 g/mol. The average molecular weight is 243 g/mol. The molecule has 0 saturated carbocycles. The Morgan fingerprint density at radius 2 is 2.12 bits per heavy atom. The first-order valence-corrected chi connectivity index (χ1v) is 6.64. The van der Waals surface area contributed by atoms with Crippen LogP contribution in [0, 0.1) is 0 Å². The minimum Gasteiger partial charge on any atom is -0.386 e. The van der Waals surface area contributed by atoms with E-state index in [1.807, 2.05) is 6.92 Å². The van der Waals surface area contributed by atoms with Gasteiger partial charge in [0.15, 0.2) is 0 Å². The summed E-state index contributed by atoms with van der Waals surface area (Å²) in [5.41, 5.74) is -0.679. The number of ether oxygens (including phenoxy) is 2. The van der Waals surface area contributed by atoms with Crippen molar-refractivity contribution in [1.82, 2.24) is 5.32 Å². The van der Waals surface area contributed by atoms with Gasteiger partial charge in [0.25, 0.3) is 0 Å². The predicted octanol–water partition coefficient (Wildman–Crippen LogP) is 1.07. The molecule has 2 rings (SSSR count). The van der Waals surface area contributed by atoms with E-state index in [0.717, 1.165) is 25.8 Å². The maximum atomic E-state index is 10.3. The predicted molar refractivity (Wildman–Crippen MR) is 66.0 cm³/mol. The molecule has 0 bridgehead atoms. The summed E-state index contributed by atoms with van der Waals surface area (Å²) in [5, 5.41) is 13.6. The van der Waals surface area contributed by atoms with E-state index in [0.29, 0.717) is 13.2 Å². The molecule has 0 radical (unpaired) electrons. The first-order valence-electron chi connectivity index (χ1n) is 6.64. The maximum Gasteiger partial charge on any atom is 0.105 e. The molecule has 0 aromatic rings. The van der Waals surface area contributed by atoms with E-state index in [9.17, 15) is 5.11 Å². The molecule has 0 amide bonds. The molecule has 2 heterocycles. The Morgan fingerprint density at radius 1 is 1.35 bits per heavy atom. The van der Waals surface area contributed by atoms with E-state index in [1.165, 1.54) is 0 Å². The van der Waals surface area contributed by atoms with Gasteiger partial charge in [-0.1, -0.05) is 0 Å². The van der Waals surface area contributed by atoms with Gasteiger partial charge in [-0.3, -0.25) is 0 Å². The summed E-state index contributed by atoms with van der Waals surface area (Å²) in [7, 11) is 0. The molecule has 0 aliphatic carbocycles. The van der Waals surface area contributed by atoms with Gasteiger partial charge in [-0.15, -0.1) is 0 Å². The number of hydrogen-bond donors (Lipinski definition) is 2. The molecular weight excluding hydrogens is 218 g/mol. The summed E-state index contributed by atoms with van der Waals surface area (Å²) in [5.74, 6) is 0. The van der Waals surface area contributed by atoms with Crippen LogP contribution in [0.1, 0.15) is 40.0 Å². The van der Waals surface area contributed by atoms with Gasteiger partial charge in [0.05, 0.1) is 17.8 Å². The third-order valence-electron chi connectivity index (χ3n) is 4.02.